The largest absolute Gasteiger partial charge is 0.494 e. The molecule has 0 aliphatic heterocycles. The van der Waals surface area contributed by atoms with Crippen molar-refractivity contribution in [2.75, 3.05) is 0 Å². The number of hydrogen-bond donors (Lipinski definition) is 1. The topological polar surface area (TPSA) is 59.3 Å². The van der Waals surface area contributed by atoms with Gasteiger partial charge in [0.15, 0.2) is 5.78 Å². The maximum absolute atomic E-state index is 13.1. The third-order valence-corrected chi connectivity index (χ3v) is 2.57. The van der Waals surface area contributed by atoms with Crippen molar-refractivity contribution >= 4 is 22.6 Å². The van der Waals surface area contributed by atoms with Gasteiger partial charge in [-0.2, -0.15) is 0 Å². The second-order valence-corrected chi connectivity index (χ2v) is 3.77. The Kier molecular flexibility index (Phi) is 2.46. The summed E-state index contributed by atoms with van der Waals surface area (Å²) in [6.45, 7) is 2.51. The number of carbonyl (C=O) groups is 2. The maximum atomic E-state index is 13.1. The molecule has 2 rings (SSSR count). The van der Waals surface area contributed by atoms with Crippen LogP contribution >= 0.6 is 0 Å². The highest BCUT2D eigenvalue weighted by molar-refractivity contribution is 6.12. The van der Waals surface area contributed by atoms with Crippen molar-refractivity contribution in [3.8, 4) is 5.88 Å². The van der Waals surface area contributed by atoms with Crippen LogP contribution in [0.1, 0.15) is 29.0 Å². The molecule has 0 saturated heterocycles. The van der Waals surface area contributed by atoms with Crippen LogP contribution < -0.4 is 0 Å². The van der Waals surface area contributed by atoms with Crippen molar-refractivity contribution in [1.29, 1.82) is 0 Å². The first kappa shape index (κ1) is 11.3. The number of nitrogens with zero attached hydrogens (tertiary/aromatic N) is 1. The molecule has 1 aromatic heterocycles. The summed E-state index contributed by atoms with van der Waals surface area (Å²) in [7, 11) is 0. The average Bonchev–Trinajstić information content (AvgIpc) is 2.48. The number of carbonyl (C=O) groups excluding carboxylic acids is 2. The van der Waals surface area contributed by atoms with Crippen LogP contribution in [0.4, 0.5) is 4.39 Å². The minimum atomic E-state index is -0.527. The quantitative estimate of drug-likeness (QED) is 0.772. The predicted octanol–water partition coefficient (Wildman–Crippen LogP) is 2.35. The number of fused-ring (bicyclic) bond motifs is 1. The lowest BCUT2D eigenvalue weighted by Gasteiger charge is -2.00. The van der Waals surface area contributed by atoms with E-state index in [1.165, 1.54) is 26.0 Å². The maximum Gasteiger partial charge on any atom is 0.230 e. The standard InChI is InChI=1S/C12H10FNO3/c1-6(15)11-9-5-8(13)3-4-10(9)14(7(2)16)12(11)17/h3-5,17H,1-2H3. The molecule has 0 unspecified atom stereocenters. The molecule has 4 nitrogen and oxygen atoms in total. The fourth-order valence-electron chi connectivity index (χ4n) is 1.92. The van der Waals surface area contributed by atoms with Crippen LogP contribution in [0.25, 0.3) is 10.9 Å². The lowest BCUT2D eigenvalue weighted by atomic mass is 10.1. The van der Waals surface area contributed by atoms with Crippen LogP contribution in [0.15, 0.2) is 18.2 Å². The highest BCUT2D eigenvalue weighted by Crippen LogP contribution is 2.32. The van der Waals surface area contributed by atoms with Gasteiger partial charge in [0.2, 0.25) is 11.8 Å². The molecule has 0 aliphatic rings. The van der Waals surface area contributed by atoms with Crippen molar-refractivity contribution in [1.82, 2.24) is 4.57 Å². The SMILES string of the molecule is CC(=O)c1c(O)n(C(C)=O)c2ccc(F)cc12. The van der Waals surface area contributed by atoms with Crippen LogP contribution in [0.5, 0.6) is 5.88 Å². The Morgan fingerprint density at radius 3 is 2.47 bits per heavy atom. The molecular formula is C12H10FNO3. The first-order valence-corrected chi connectivity index (χ1v) is 4.98. The Morgan fingerprint density at radius 1 is 1.29 bits per heavy atom. The van der Waals surface area contributed by atoms with Gasteiger partial charge in [-0.1, -0.05) is 0 Å². The fraction of sp³-hybridized carbons (Fsp3) is 0.167. The van der Waals surface area contributed by atoms with E-state index >= 15 is 0 Å². The van der Waals surface area contributed by atoms with Gasteiger partial charge in [0.1, 0.15) is 5.82 Å². The summed E-state index contributed by atoms with van der Waals surface area (Å²) < 4.78 is 14.1. The summed E-state index contributed by atoms with van der Waals surface area (Å²) in [5.74, 6) is -1.82. The number of ketones is 1. The number of aromatic hydroxyl groups is 1. The molecule has 0 bridgehead atoms. The van der Waals surface area contributed by atoms with Crippen LogP contribution in [0, 0.1) is 5.82 Å². The number of halogens is 1. The van der Waals surface area contributed by atoms with Gasteiger partial charge in [0.05, 0.1) is 11.1 Å². The summed E-state index contributed by atoms with van der Waals surface area (Å²) in [6, 6.07) is 3.66. The molecule has 0 aliphatic carbocycles. The van der Waals surface area contributed by atoms with Crippen LogP contribution in [-0.4, -0.2) is 21.4 Å². The normalized spacial score (nSPS) is 10.8. The molecule has 0 amide bonds. The highest BCUT2D eigenvalue weighted by atomic mass is 19.1. The molecule has 1 heterocycles. The predicted molar refractivity (Wildman–Crippen MR) is 59.9 cm³/mol. The molecule has 0 radical (unpaired) electrons. The number of rotatable bonds is 1. The minimum absolute atomic E-state index is 0.0327. The zero-order valence-electron chi connectivity index (χ0n) is 9.32. The van der Waals surface area contributed by atoms with E-state index in [1.54, 1.807) is 0 Å². The van der Waals surface area contributed by atoms with Crippen LogP contribution in [0.2, 0.25) is 0 Å². The fourth-order valence-corrected chi connectivity index (χ4v) is 1.92. The van der Waals surface area contributed by atoms with Crippen molar-refractivity contribution in [3.05, 3.63) is 29.6 Å². The van der Waals surface area contributed by atoms with Crippen molar-refractivity contribution in [3.63, 3.8) is 0 Å². The lowest BCUT2D eigenvalue weighted by molar-refractivity contribution is 0.0933. The molecule has 0 saturated carbocycles. The van der Waals surface area contributed by atoms with Crippen molar-refractivity contribution in [2.24, 2.45) is 0 Å². The minimum Gasteiger partial charge on any atom is -0.494 e. The molecule has 0 fully saturated rings. The Bertz CT molecular complexity index is 643. The average molecular weight is 235 g/mol. The third kappa shape index (κ3) is 1.60. The molecular weight excluding hydrogens is 225 g/mol. The first-order chi connectivity index (χ1) is 7.93. The third-order valence-electron chi connectivity index (χ3n) is 2.57. The van der Waals surface area contributed by atoms with E-state index in [-0.39, 0.29) is 10.9 Å². The van der Waals surface area contributed by atoms with Gasteiger partial charge in [-0.05, 0) is 25.1 Å². The summed E-state index contributed by atoms with van der Waals surface area (Å²) >= 11 is 0. The van der Waals surface area contributed by atoms with Gasteiger partial charge in [-0.3, -0.25) is 14.2 Å². The van der Waals surface area contributed by atoms with E-state index in [9.17, 15) is 19.1 Å². The second kappa shape index (κ2) is 3.69. The van der Waals surface area contributed by atoms with Crippen LogP contribution in [0.3, 0.4) is 0 Å². The Balaban J connectivity index is 2.98. The molecule has 5 heteroatoms. The molecule has 1 aromatic carbocycles. The smallest absolute Gasteiger partial charge is 0.230 e. The molecule has 1 N–H and O–H groups in total. The number of hydrogen-bond acceptors (Lipinski definition) is 3. The molecule has 0 atom stereocenters. The van der Waals surface area contributed by atoms with E-state index in [0.717, 1.165) is 10.6 Å². The van der Waals surface area contributed by atoms with E-state index in [4.69, 9.17) is 0 Å². The van der Waals surface area contributed by atoms with Crippen LogP contribution in [-0.2, 0) is 0 Å². The van der Waals surface area contributed by atoms with E-state index in [2.05, 4.69) is 0 Å². The van der Waals surface area contributed by atoms with Gasteiger partial charge in [0, 0.05) is 12.3 Å². The highest BCUT2D eigenvalue weighted by Gasteiger charge is 2.22. The molecule has 88 valence electrons. The summed E-state index contributed by atoms with van der Waals surface area (Å²) in [5.41, 5.74) is 0.288. The zero-order valence-corrected chi connectivity index (χ0v) is 9.32. The summed E-state index contributed by atoms with van der Waals surface area (Å²) in [5, 5.41) is 10.1. The Hall–Kier alpha value is -2.17. The van der Waals surface area contributed by atoms with E-state index in [1.807, 2.05) is 0 Å². The molecule has 2 aromatic rings. The zero-order chi connectivity index (χ0) is 12.7. The van der Waals surface area contributed by atoms with E-state index in [0.29, 0.717) is 5.52 Å². The van der Waals surface area contributed by atoms with Gasteiger partial charge in [-0.15, -0.1) is 0 Å². The summed E-state index contributed by atoms with van der Waals surface area (Å²) in [6.07, 6.45) is 0. The van der Waals surface area contributed by atoms with Gasteiger partial charge >= 0.3 is 0 Å². The van der Waals surface area contributed by atoms with Gasteiger partial charge < -0.3 is 5.11 Å². The van der Waals surface area contributed by atoms with E-state index < -0.39 is 23.4 Å². The number of aromatic nitrogens is 1. The Morgan fingerprint density at radius 2 is 1.94 bits per heavy atom. The van der Waals surface area contributed by atoms with Gasteiger partial charge in [-0.25, -0.2) is 4.39 Å². The molecule has 17 heavy (non-hydrogen) atoms. The number of benzene rings is 1. The van der Waals surface area contributed by atoms with Gasteiger partial charge in [0.25, 0.3) is 0 Å². The summed E-state index contributed by atoms with van der Waals surface area (Å²) in [4.78, 5) is 22.8. The van der Waals surface area contributed by atoms with Crippen molar-refractivity contribution < 1.29 is 19.1 Å². The molecule has 0 spiro atoms. The first-order valence-electron chi connectivity index (χ1n) is 4.98. The lowest BCUT2D eigenvalue weighted by Crippen LogP contribution is -2.04. The Labute approximate surface area is 96.3 Å². The van der Waals surface area contributed by atoms with Crippen molar-refractivity contribution in [2.45, 2.75) is 13.8 Å². The monoisotopic (exact) mass is 235 g/mol. The second-order valence-electron chi connectivity index (χ2n) is 3.77. The number of Topliss-reactive ketones (excluding diaryl/α,β-unsaturated/α-hetero) is 1.